The highest BCUT2D eigenvalue weighted by Gasteiger charge is 2.23. The number of methoxy groups -OCH3 is 1. The van der Waals surface area contributed by atoms with Crippen molar-refractivity contribution in [2.75, 3.05) is 13.7 Å². The van der Waals surface area contributed by atoms with E-state index < -0.39 is 18.0 Å². The lowest BCUT2D eigenvalue weighted by molar-refractivity contribution is -0.139. The third-order valence-electron chi connectivity index (χ3n) is 4.39. The van der Waals surface area contributed by atoms with Crippen molar-refractivity contribution in [3.8, 4) is 11.5 Å². The van der Waals surface area contributed by atoms with E-state index in [1.807, 2.05) is 26.8 Å². The molecule has 2 aromatic carbocycles. The van der Waals surface area contributed by atoms with Gasteiger partial charge in [0.25, 0.3) is 5.56 Å². The van der Waals surface area contributed by atoms with Crippen molar-refractivity contribution in [3.63, 3.8) is 0 Å². The maximum atomic E-state index is 13.2. The van der Waals surface area contributed by atoms with Gasteiger partial charge in [0, 0.05) is 9.89 Å². The molecule has 0 aliphatic carbocycles. The zero-order chi connectivity index (χ0) is 23.6. The normalized spacial score (nSPS) is 11.8. The van der Waals surface area contributed by atoms with Crippen molar-refractivity contribution < 1.29 is 19.4 Å². The summed E-state index contributed by atoms with van der Waals surface area (Å²) in [5.74, 6) is -0.297. The van der Waals surface area contributed by atoms with Gasteiger partial charge in [-0.2, -0.15) is 9.78 Å². The van der Waals surface area contributed by atoms with Crippen molar-refractivity contribution >= 4 is 50.6 Å². The Bertz CT molecular complexity index is 1280. The number of carboxylic acids is 1. The summed E-state index contributed by atoms with van der Waals surface area (Å²) in [5, 5.41) is 13.8. The number of hydrogen-bond acceptors (Lipinski definition) is 6. The summed E-state index contributed by atoms with van der Waals surface area (Å²) in [5.41, 5.74) is 0.341. The highest BCUT2D eigenvalue weighted by molar-refractivity contribution is 9.10. The van der Waals surface area contributed by atoms with Crippen LogP contribution >= 0.6 is 27.5 Å². The zero-order valence-corrected chi connectivity index (χ0v) is 20.2. The monoisotopic (exact) mass is 521 g/mol. The van der Waals surface area contributed by atoms with Crippen LogP contribution in [0.5, 0.6) is 11.5 Å². The van der Waals surface area contributed by atoms with E-state index in [2.05, 4.69) is 26.0 Å². The molecule has 168 valence electrons. The fourth-order valence-corrected chi connectivity index (χ4v) is 3.59. The van der Waals surface area contributed by atoms with Gasteiger partial charge < -0.3 is 14.6 Å². The first-order chi connectivity index (χ1) is 15.0. The van der Waals surface area contributed by atoms with Crippen molar-refractivity contribution in [1.82, 2.24) is 9.66 Å². The number of aromatic nitrogens is 2. The van der Waals surface area contributed by atoms with Gasteiger partial charge in [-0.05, 0) is 35.9 Å². The van der Waals surface area contributed by atoms with Crippen LogP contribution in [0.15, 0.2) is 44.7 Å². The summed E-state index contributed by atoms with van der Waals surface area (Å²) in [7, 11) is 1.41. The van der Waals surface area contributed by atoms with Crippen molar-refractivity contribution in [2.24, 2.45) is 5.10 Å². The molecule has 0 fully saturated rings. The van der Waals surface area contributed by atoms with Gasteiger partial charge in [-0.1, -0.05) is 48.3 Å². The van der Waals surface area contributed by atoms with Gasteiger partial charge in [0.1, 0.15) is 5.82 Å². The molecule has 0 spiro atoms. The van der Waals surface area contributed by atoms with E-state index in [1.54, 1.807) is 18.2 Å². The van der Waals surface area contributed by atoms with Crippen LogP contribution in [0.3, 0.4) is 0 Å². The minimum atomic E-state index is -1.14. The molecule has 0 saturated heterocycles. The van der Waals surface area contributed by atoms with Gasteiger partial charge in [-0.3, -0.25) is 4.79 Å². The van der Waals surface area contributed by atoms with E-state index in [0.29, 0.717) is 22.3 Å². The summed E-state index contributed by atoms with van der Waals surface area (Å²) in [6.07, 6.45) is 1.46. The van der Waals surface area contributed by atoms with E-state index >= 15 is 0 Å². The van der Waals surface area contributed by atoms with Gasteiger partial charge in [-0.25, -0.2) is 9.78 Å². The minimum Gasteiger partial charge on any atom is -0.493 e. The van der Waals surface area contributed by atoms with Crippen molar-refractivity contribution in [2.45, 2.75) is 26.2 Å². The fraction of sp³-hybridized carbons (Fsp3) is 0.273. The molecule has 1 heterocycles. The number of fused-ring (bicyclic) bond motifs is 1. The summed E-state index contributed by atoms with van der Waals surface area (Å²) >= 11 is 9.65. The van der Waals surface area contributed by atoms with Crippen LogP contribution in [0.4, 0.5) is 0 Å². The smallest absolute Gasteiger partial charge is 0.341 e. The Morgan fingerprint density at radius 2 is 2.03 bits per heavy atom. The molecule has 32 heavy (non-hydrogen) atoms. The molecule has 0 saturated carbocycles. The van der Waals surface area contributed by atoms with Crippen LogP contribution in [0.1, 0.15) is 32.2 Å². The van der Waals surface area contributed by atoms with E-state index in [4.69, 9.17) is 26.2 Å². The topological polar surface area (TPSA) is 103 Å². The standard InChI is InChI=1S/C22H21BrClN3O5/c1-22(2,3)21-26-16-6-5-13(23)9-14(16)20(30)27(21)25-10-12-7-15(24)19(17(8-12)31-4)32-11-18(28)29/h5-10H,11H2,1-4H3,(H,28,29). The zero-order valence-electron chi connectivity index (χ0n) is 17.8. The van der Waals surface area contributed by atoms with Crippen LogP contribution in [0.2, 0.25) is 5.02 Å². The molecule has 0 bridgehead atoms. The lowest BCUT2D eigenvalue weighted by atomic mass is 9.95. The maximum Gasteiger partial charge on any atom is 0.341 e. The average molecular weight is 523 g/mol. The molecule has 1 N–H and O–H groups in total. The molecule has 0 atom stereocenters. The van der Waals surface area contributed by atoms with Gasteiger partial charge in [0.15, 0.2) is 18.1 Å². The first-order valence-corrected chi connectivity index (χ1v) is 10.7. The number of hydrogen-bond donors (Lipinski definition) is 1. The molecular formula is C22H21BrClN3O5. The molecule has 0 radical (unpaired) electrons. The van der Waals surface area contributed by atoms with Gasteiger partial charge in [0.2, 0.25) is 0 Å². The second-order valence-corrected chi connectivity index (χ2v) is 9.25. The first kappa shape index (κ1) is 23.7. The van der Waals surface area contributed by atoms with Crippen LogP contribution in [0, 0.1) is 0 Å². The van der Waals surface area contributed by atoms with Crippen LogP contribution in [-0.2, 0) is 10.2 Å². The van der Waals surface area contributed by atoms with E-state index in [1.165, 1.54) is 24.1 Å². The molecule has 0 amide bonds. The lowest BCUT2D eigenvalue weighted by Gasteiger charge is -2.21. The Labute approximate surface area is 197 Å². The van der Waals surface area contributed by atoms with E-state index in [0.717, 1.165) is 4.47 Å². The van der Waals surface area contributed by atoms with Gasteiger partial charge in [0.05, 0.1) is 29.2 Å². The molecule has 10 heteroatoms. The van der Waals surface area contributed by atoms with Crippen LogP contribution in [0.25, 0.3) is 10.9 Å². The molecule has 0 aliphatic rings. The molecule has 3 rings (SSSR count). The first-order valence-electron chi connectivity index (χ1n) is 9.50. The predicted molar refractivity (Wildman–Crippen MR) is 127 cm³/mol. The molecule has 0 unspecified atom stereocenters. The third-order valence-corrected chi connectivity index (χ3v) is 5.17. The molecule has 0 aliphatic heterocycles. The number of ether oxygens (including phenoxy) is 2. The summed E-state index contributed by atoms with van der Waals surface area (Å²) in [4.78, 5) is 28.7. The van der Waals surface area contributed by atoms with E-state index in [9.17, 15) is 9.59 Å². The highest BCUT2D eigenvalue weighted by atomic mass is 79.9. The van der Waals surface area contributed by atoms with Gasteiger partial charge >= 0.3 is 5.97 Å². The minimum absolute atomic E-state index is 0.110. The average Bonchev–Trinajstić information content (AvgIpc) is 2.71. The Kier molecular flexibility index (Phi) is 6.90. The number of nitrogens with zero attached hydrogens (tertiary/aromatic N) is 3. The summed E-state index contributed by atoms with van der Waals surface area (Å²) < 4.78 is 12.5. The lowest BCUT2D eigenvalue weighted by Crippen LogP contribution is -2.29. The van der Waals surface area contributed by atoms with Crippen molar-refractivity contribution in [1.29, 1.82) is 0 Å². The van der Waals surface area contributed by atoms with E-state index in [-0.39, 0.29) is 22.1 Å². The summed E-state index contributed by atoms with van der Waals surface area (Å²) in [6.45, 7) is 5.27. The SMILES string of the molecule is COc1cc(C=Nn2c(C(C)(C)C)nc3ccc(Br)cc3c2=O)cc(Cl)c1OCC(=O)O. The Balaban J connectivity index is 2.12. The quantitative estimate of drug-likeness (QED) is 0.479. The Hall–Kier alpha value is -2.91. The fourth-order valence-electron chi connectivity index (χ4n) is 2.95. The highest BCUT2D eigenvalue weighted by Crippen LogP contribution is 2.36. The predicted octanol–water partition coefficient (Wildman–Crippen LogP) is 4.46. The number of carboxylic acid groups (broad SMARTS) is 1. The molecular weight excluding hydrogens is 502 g/mol. The second kappa shape index (κ2) is 9.30. The Morgan fingerprint density at radius 1 is 1.31 bits per heavy atom. The van der Waals surface area contributed by atoms with Crippen molar-refractivity contribution in [3.05, 3.63) is 61.6 Å². The number of halogens is 2. The Morgan fingerprint density at radius 3 is 2.66 bits per heavy atom. The van der Waals surface area contributed by atoms with Crippen LogP contribution < -0.4 is 15.0 Å². The summed E-state index contributed by atoms with van der Waals surface area (Å²) in [6, 6.07) is 8.44. The number of benzene rings is 2. The number of aliphatic carboxylic acids is 1. The number of rotatable bonds is 6. The molecule has 1 aromatic heterocycles. The maximum absolute atomic E-state index is 13.2. The molecule has 8 nitrogen and oxygen atoms in total. The third kappa shape index (κ3) is 5.11. The molecule has 3 aromatic rings. The van der Waals surface area contributed by atoms with Crippen LogP contribution in [-0.4, -0.2) is 40.7 Å². The largest absolute Gasteiger partial charge is 0.493 e. The van der Waals surface area contributed by atoms with Gasteiger partial charge in [-0.15, -0.1) is 0 Å². The second-order valence-electron chi connectivity index (χ2n) is 7.92. The number of carbonyl (C=O) groups is 1.